The van der Waals surface area contributed by atoms with E-state index in [0.717, 1.165) is 38.2 Å². The van der Waals surface area contributed by atoms with Gasteiger partial charge in [0.25, 0.3) is 0 Å². The maximum absolute atomic E-state index is 12.0. The number of carbonyl (C=O) groups excluding carboxylic acids is 1. The molecule has 2 aliphatic heterocycles. The van der Waals surface area contributed by atoms with E-state index in [1.807, 2.05) is 18.0 Å². The van der Waals surface area contributed by atoms with Gasteiger partial charge in [-0.25, -0.2) is 0 Å². The molecule has 1 spiro atoms. The molecule has 3 rings (SSSR count). The average Bonchev–Trinajstić information content (AvgIpc) is 2.52. The summed E-state index contributed by atoms with van der Waals surface area (Å²) in [5.74, 6) is 0.191. The van der Waals surface area contributed by atoms with Gasteiger partial charge in [-0.2, -0.15) is 0 Å². The van der Waals surface area contributed by atoms with Crippen LogP contribution in [0, 0.1) is 12.3 Å². The summed E-state index contributed by atoms with van der Waals surface area (Å²) in [7, 11) is 0. The SMILES string of the molecule is Cc1cc(N2CCCC3(CCC(=O)N(CCO)C3)C2)ccn1. The minimum atomic E-state index is 0.0507. The fraction of sp³-hybridized carbons (Fsp3) is 0.647. The molecule has 2 fully saturated rings. The Hall–Kier alpha value is -1.62. The van der Waals surface area contributed by atoms with E-state index in [0.29, 0.717) is 13.0 Å². The number of nitrogens with zero attached hydrogens (tertiary/aromatic N) is 3. The van der Waals surface area contributed by atoms with Crippen LogP contribution in [-0.4, -0.2) is 53.7 Å². The molecule has 1 amide bonds. The van der Waals surface area contributed by atoms with Crippen LogP contribution in [0.3, 0.4) is 0 Å². The Balaban J connectivity index is 1.76. The van der Waals surface area contributed by atoms with Crippen LogP contribution in [0.1, 0.15) is 31.4 Å². The maximum atomic E-state index is 12.0. The summed E-state index contributed by atoms with van der Waals surface area (Å²) >= 11 is 0. The van der Waals surface area contributed by atoms with Gasteiger partial charge in [0.15, 0.2) is 0 Å². The third-order valence-electron chi connectivity index (χ3n) is 5.02. The molecule has 3 heterocycles. The summed E-state index contributed by atoms with van der Waals surface area (Å²) < 4.78 is 0. The Kier molecular flexibility index (Phi) is 4.34. The Morgan fingerprint density at radius 1 is 1.36 bits per heavy atom. The number of aryl methyl sites for hydroxylation is 1. The number of carbonyl (C=O) groups is 1. The van der Waals surface area contributed by atoms with Gasteiger partial charge in [0.2, 0.25) is 5.91 Å². The van der Waals surface area contributed by atoms with Crippen molar-refractivity contribution in [1.29, 1.82) is 0 Å². The van der Waals surface area contributed by atoms with E-state index in [1.54, 1.807) is 0 Å². The van der Waals surface area contributed by atoms with Crippen molar-refractivity contribution >= 4 is 11.6 Å². The molecule has 0 aliphatic carbocycles. The van der Waals surface area contributed by atoms with Gasteiger partial charge in [-0.1, -0.05) is 0 Å². The largest absolute Gasteiger partial charge is 0.395 e. The first-order valence-corrected chi connectivity index (χ1v) is 8.18. The van der Waals surface area contributed by atoms with Crippen LogP contribution in [0.5, 0.6) is 0 Å². The lowest BCUT2D eigenvalue weighted by atomic mass is 9.73. The fourth-order valence-electron chi connectivity index (χ4n) is 3.92. The second kappa shape index (κ2) is 6.24. The molecule has 0 radical (unpaired) electrons. The number of piperidine rings is 2. The molecule has 1 aromatic rings. The Morgan fingerprint density at radius 3 is 3.00 bits per heavy atom. The van der Waals surface area contributed by atoms with Crippen molar-refractivity contribution in [3.8, 4) is 0 Å². The molecule has 1 atom stereocenters. The smallest absolute Gasteiger partial charge is 0.222 e. The van der Waals surface area contributed by atoms with Crippen LogP contribution < -0.4 is 4.90 Å². The molecule has 22 heavy (non-hydrogen) atoms. The van der Waals surface area contributed by atoms with E-state index < -0.39 is 0 Å². The summed E-state index contributed by atoms with van der Waals surface area (Å²) in [6.07, 6.45) is 5.78. The first kappa shape index (κ1) is 15.3. The Labute approximate surface area is 131 Å². The third kappa shape index (κ3) is 3.09. The number of anilines is 1. The zero-order valence-corrected chi connectivity index (χ0v) is 13.3. The number of amides is 1. The molecule has 1 unspecified atom stereocenters. The van der Waals surface area contributed by atoms with Crippen molar-refractivity contribution in [3.05, 3.63) is 24.0 Å². The lowest BCUT2D eigenvalue weighted by Crippen LogP contribution is -2.54. The number of aliphatic hydroxyl groups excluding tert-OH is 1. The predicted octanol–water partition coefficient (Wildman–Crippen LogP) is 1.59. The normalized spacial score (nSPS) is 25.8. The summed E-state index contributed by atoms with van der Waals surface area (Å²) in [6, 6.07) is 4.21. The molecule has 0 saturated carbocycles. The van der Waals surface area contributed by atoms with Crippen molar-refractivity contribution in [2.45, 2.75) is 32.6 Å². The van der Waals surface area contributed by atoms with E-state index in [4.69, 9.17) is 0 Å². The Bertz CT molecular complexity index is 548. The van der Waals surface area contributed by atoms with Crippen molar-refractivity contribution in [2.24, 2.45) is 5.41 Å². The van der Waals surface area contributed by atoms with Crippen molar-refractivity contribution in [1.82, 2.24) is 9.88 Å². The van der Waals surface area contributed by atoms with E-state index in [1.165, 1.54) is 12.1 Å². The quantitative estimate of drug-likeness (QED) is 0.921. The van der Waals surface area contributed by atoms with Crippen LogP contribution >= 0.6 is 0 Å². The molecule has 0 aromatic carbocycles. The summed E-state index contributed by atoms with van der Waals surface area (Å²) in [5.41, 5.74) is 2.45. The third-order valence-corrected chi connectivity index (χ3v) is 5.02. The molecule has 1 N–H and O–H groups in total. The fourth-order valence-corrected chi connectivity index (χ4v) is 3.92. The van der Waals surface area contributed by atoms with Gasteiger partial charge in [0, 0.05) is 55.6 Å². The summed E-state index contributed by atoms with van der Waals surface area (Å²) in [4.78, 5) is 20.6. The van der Waals surface area contributed by atoms with Crippen LogP contribution in [0.4, 0.5) is 5.69 Å². The number of hydrogen-bond donors (Lipinski definition) is 1. The first-order valence-electron chi connectivity index (χ1n) is 8.18. The average molecular weight is 303 g/mol. The Morgan fingerprint density at radius 2 is 2.23 bits per heavy atom. The monoisotopic (exact) mass is 303 g/mol. The summed E-state index contributed by atoms with van der Waals surface area (Å²) in [6.45, 7) is 5.38. The highest BCUT2D eigenvalue weighted by Gasteiger charge is 2.41. The minimum absolute atomic E-state index is 0.0507. The van der Waals surface area contributed by atoms with Crippen LogP contribution in [0.15, 0.2) is 18.3 Å². The minimum Gasteiger partial charge on any atom is -0.395 e. The number of pyridine rings is 1. The van der Waals surface area contributed by atoms with Crippen LogP contribution in [-0.2, 0) is 4.79 Å². The van der Waals surface area contributed by atoms with Crippen LogP contribution in [0.25, 0.3) is 0 Å². The topological polar surface area (TPSA) is 56.7 Å². The second-order valence-corrected chi connectivity index (χ2v) is 6.72. The predicted molar refractivity (Wildman–Crippen MR) is 85.8 cm³/mol. The number of aromatic nitrogens is 1. The highest BCUT2D eigenvalue weighted by atomic mass is 16.3. The highest BCUT2D eigenvalue weighted by molar-refractivity contribution is 5.77. The second-order valence-electron chi connectivity index (χ2n) is 6.72. The van der Waals surface area contributed by atoms with Crippen molar-refractivity contribution in [2.75, 3.05) is 37.7 Å². The molecule has 5 heteroatoms. The molecule has 120 valence electrons. The molecule has 2 saturated heterocycles. The molecular weight excluding hydrogens is 278 g/mol. The molecule has 2 aliphatic rings. The maximum Gasteiger partial charge on any atom is 0.222 e. The zero-order chi connectivity index (χ0) is 15.6. The van der Waals surface area contributed by atoms with Gasteiger partial charge in [-0.3, -0.25) is 9.78 Å². The van der Waals surface area contributed by atoms with Gasteiger partial charge < -0.3 is 14.9 Å². The first-order chi connectivity index (χ1) is 10.6. The molecule has 0 bridgehead atoms. The molecule has 5 nitrogen and oxygen atoms in total. The van der Waals surface area contributed by atoms with E-state index in [2.05, 4.69) is 22.0 Å². The number of aliphatic hydroxyl groups is 1. The van der Waals surface area contributed by atoms with Gasteiger partial charge in [0.1, 0.15) is 0 Å². The number of rotatable bonds is 3. The molecule has 1 aromatic heterocycles. The summed E-state index contributed by atoms with van der Waals surface area (Å²) in [5, 5.41) is 9.17. The van der Waals surface area contributed by atoms with E-state index in [9.17, 15) is 9.90 Å². The van der Waals surface area contributed by atoms with Gasteiger partial charge in [0.05, 0.1) is 6.61 Å². The number of hydrogen-bond acceptors (Lipinski definition) is 4. The van der Waals surface area contributed by atoms with Crippen molar-refractivity contribution < 1.29 is 9.90 Å². The van der Waals surface area contributed by atoms with Crippen LogP contribution in [0.2, 0.25) is 0 Å². The van der Waals surface area contributed by atoms with Gasteiger partial charge in [-0.15, -0.1) is 0 Å². The van der Waals surface area contributed by atoms with Gasteiger partial charge in [-0.05, 0) is 38.3 Å². The number of likely N-dealkylation sites (tertiary alicyclic amines) is 1. The van der Waals surface area contributed by atoms with E-state index in [-0.39, 0.29) is 17.9 Å². The van der Waals surface area contributed by atoms with Gasteiger partial charge >= 0.3 is 0 Å². The lowest BCUT2D eigenvalue weighted by molar-refractivity contribution is -0.138. The lowest BCUT2D eigenvalue weighted by Gasteiger charge is -2.48. The molecular formula is C17H25N3O2. The van der Waals surface area contributed by atoms with E-state index >= 15 is 0 Å². The zero-order valence-electron chi connectivity index (χ0n) is 13.3. The van der Waals surface area contributed by atoms with Crippen molar-refractivity contribution in [3.63, 3.8) is 0 Å². The highest BCUT2D eigenvalue weighted by Crippen LogP contribution is 2.40. The standard InChI is InChI=1S/C17H25N3O2/c1-14-11-15(4-7-18-14)19-8-2-5-17(12-19)6-3-16(22)20(13-17)9-10-21/h4,7,11,21H,2-3,5-6,8-10,12-13H2,1H3. The number of β-amino-alcohol motifs (C(OH)–C–C–N with tert-alkyl or cyclic N) is 1.